The van der Waals surface area contributed by atoms with E-state index in [9.17, 15) is 0 Å². The third-order valence-electron chi connectivity index (χ3n) is 1.40. The van der Waals surface area contributed by atoms with Crippen molar-refractivity contribution in [3.8, 4) is 5.75 Å². The number of benzene rings is 1. The van der Waals surface area contributed by atoms with Gasteiger partial charge in [0.2, 0.25) is 0 Å². The van der Waals surface area contributed by atoms with Gasteiger partial charge in [0.25, 0.3) is 0 Å². The van der Waals surface area contributed by atoms with Crippen LogP contribution in [0.5, 0.6) is 5.75 Å². The van der Waals surface area contributed by atoms with E-state index in [1.165, 1.54) is 0 Å². The molecule has 0 unspecified atom stereocenters. The summed E-state index contributed by atoms with van der Waals surface area (Å²) in [4.78, 5) is 0. The van der Waals surface area contributed by atoms with Crippen LogP contribution in [0, 0.1) is 0 Å². The van der Waals surface area contributed by atoms with Gasteiger partial charge in [0, 0.05) is 6.26 Å². The zero-order valence-corrected chi connectivity index (χ0v) is 8.15. The molecule has 3 heteroatoms. The van der Waals surface area contributed by atoms with Crippen LogP contribution in [-0.4, -0.2) is 12.9 Å². The Kier molecular flexibility index (Phi) is 3.80. The van der Waals surface area contributed by atoms with Gasteiger partial charge in [0.15, 0.2) is 0 Å². The van der Waals surface area contributed by atoms with E-state index in [-0.39, 0.29) is 0 Å². The second kappa shape index (κ2) is 4.93. The van der Waals surface area contributed by atoms with Gasteiger partial charge in [-0.1, -0.05) is 24.1 Å². The summed E-state index contributed by atoms with van der Waals surface area (Å²) < 4.78 is 8.57. The standard InChI is InChI=1S/C9H13NOS/c1-3-11-9-7-5-4-6-8(9)10-12-2/h4-7,10H,3H2,1-2H3. The van der Waals surface area contributed by atoms with Crippen LogP contribution in [0.4, 0.5) is 5.69 Å². The predicted octanol–water partition coefficient (Wildman–Crippen LogP) is 2.78. The zero-order chi connectivity index (χ0) is 8.81. The van der Waals surface area contributed by atoms with Crippen LogP contribution in [0.1, 0.15) is 6.92 Å². The van der Waals surface area contributed by atoms with Crippen molar-refractivity contribution in [3.63, 3.8) is 0 Å². The molecule has 0 aliphatic heterocycles. The van der Waals surface area contributed by atoms with E-state index in [2.05, 4.69) is 4.72 Å². The van der Waals surface area contributed by atoms with Crippen molar-refractivity contribution in [1.82, 2.24) is 0 Å². The first-order valence-electron chi connectivity index (χ1n) is 3.89. The lowest BCUT2D eigenvalue weighted by Gasteiger charge is -2.09. The van der Waals surface area contributed by atoms with Crippen LogP contribution in [0.25, 0.3) is 0 Å². The lowest BCUT2D eigenvalue weighted by Crippen LogP contribution is -1.95. The molecule has 66 valence electrons. The van der Waals surface area contributed by atoms with E-state index >= 15 is 0 Å². The van der Waals surface area contributed by atoms with Gasteiger partial charge < -0.3 is 9.46 Å². The molecule has 0 fully saturated rings. The second-order valence-corrected chi connectivity index (χ2v) is 2.85. The molecule has 0 saturated heterocycles. The summed E-state index contributed by atoms with van der Waals surface area (Å²) in [5.41, 5.74) is 1.03. The van der Waals surface area contributed by atoms with Crippen LogP contribution >= 0.6 is 11.9 Å². The molecule has 0 heterocycles. The van der Waals surface area contributed by atoms with Crippen LogP contribution in [0.3, 0.4) is 0 Å². The number of hydrogen-bond donors (Lipinski definition) is 1. The zero-order valence-electron chi connectivity index (χ0n) is 7.33. The fourth-order valence-electron chi connectivity index (χ4n) is 0.942. The van der Waals surface area contributed by atoms with E-state index in [0.717, 1.165) is 11.4 Å². The fraction of sp³-hybridized carbons (Fsp3) is 0.333. The van der Waals surface area contributed by atoms with Gasteiger partial charge in [-0.25, -0.2) is 0 Å². The molecule has 2 nitrogen and oxygen atoms in total. The molecule has 0 atom stereocenters. The number of rotatable bonds is 4. The van der Waals surface area contributed by atoms with Gasteiger partial charge in [-0.3, -0.25) is 0 Å². The second-order valence-electron chi connectivity index (χ2n) is 2.24. The topological polar surface area (TPSA) is 21.3 Å². The lowest BCUT2D eigenvalue weighted by atomic mass is 10.3. The van der Waals surface area contributed by atoms with E-state index < -0.39 is 0 Å². The maximum absolute atomic E-state index is 5.41. The molecule has 1 aromatic rings. The molecule has 0 spiro atoms. The molecule has 0 saturated carbocycles. The maximum atomic E-state index is 5.41. The molecule has 0 bridgehead atoms. The summed E-state index contributed by atoms with van der Waals surface area (Å²) in [6, 6.07) is 7.92. The monoisotopic (exact) mass is 183 g/mol. The molecular formula is C9H13NOS. The largest absolute Gasteiger partial charge is 0.492 e. The summed E-state index contributed by atoms with van der Waals surface area (Å²) in [5, 5.41) is 0. The highest BCUT2D eigenvalue weighted by Crippen LogP contribution is 2.25. The number of nitrogens with one attached hydrogen (secondary N) is 1. The highest BCUT2D eigenvalue weighted by Gasteiger charge is 1.98. The van der Waals surface area contributed by atoms with Gasteiger partial charge in [-0.05, 0) is 19.1 Å². The van der Waals surface area contributed by atoms with Crippen LogP contribution in [0.15, 0.2) is 24.3 Å². The van der Waals surface area contributed by atoms with Crippen molar-refractivity contribution in [2.24, 2.45) is 0 Å². The van der Waals surface area contributed by atoms with Crippen molar-refractivity contribution in [3.05, 3.63) is 24.3 Å². The summed E-state index contributed by atoms with van der Waals surface area (Å²) in [6.45, 7) is 2.68. The smallest absolute Gasteiger partial charge is 0.143 e. The van der Waals surface area contributed by atoms with Gasteiger partial charge in [0.1, 0.15) is 5.75 Å². The van der Waals surface area contributed by atoms with E-state index in [1.807, 2.05) is 37.4 Å². The van der Waals surface area contributed by atoms with Crippen molar-refractivity contribution in [2.75, 3.05) is 17.6 Å². The summed E-state index contributed by atoms with van der Waals surface area (Å²) in [6.07, 6.45) is 1.99. The van der Waals surface area contributed by atoms with Crippen LogP contribution in [0.2, 0.25) is 0 Å². The molecule has 1 aromatic carbocycles. The normalized spacial score (nSPS) is 9.50. The molecule has 1 N–H and O–H groups in total. The Morgan fingerprint density at radius 2 is 2.17 bits per heavy atom. The van der Waals surface area contributed by atoms with E-state index in [4.69, 9.17) is 4.74 Å². The maximum Gasteiger partial charge on any atom is 0.143 e. The third-order valence-corrected chi connectivity index (χ3v) is 1.82. The van der Waals surface area contributed by atoms with Gasteiger partial charge in [-0.15, -0.1) is 0 Å². The molecule has 0 radical (unpaired) electrons. The van der Waals surface area contributed by atoms with E-state index in [1.54, 1.807) is 11.9 Å². The summed E-state index contributed by atoms with van der Waals surface area (Å²) >= 11 is 1.56. The average Bonchev–Trinajstić information content (AvgIpc) is 2.09. The SMILES string of the molecule is CCOc1ccccc1NSC. The fourth-order valence-corrected chi connectivity index (χ4v) is 1.33. The highest BCUT2D eigenvalue weighted by atomic mass is 32.2. The van der Waals surface area contributed by atoms with Crippen molar-refractivity contribution >= 4 is 17.6 Å². The summed E-state index contributed by atoms with van der Waals surface area (Å²) in [7, 11) is 0. The van der Waals surface area contributed by atoms with Gasteiger partial charge in [0.05, 0.1) is 12.3 Å². The van der Waals surface area contributed by atoms with Gasteiger partial charge in [-0.2, -0.15) is 0 Å². The quantitative estimate of drug-likeness (QED) is 0.725. The lowest BCUT2D eigenvalue weighted by molar-refractivity contribution is 0.342. The Labute approximate surface area is 77.4 Å². The number of anilines is 1. The first-order valence-corrected chi connectivity index (χ1v) is 5.11. The number of hydrogen-bond acceptors (Lipinski definition) is 3. The van der Waals surface area contributed by atoms with Crippen LogP contribution < -0.4 is 9.46 Å². The Hall–Kier alpha value is -0.830. The molecule has 0 aliphatic carbocycles. The van der Waals surface area contributed by atoms with E-state index in [0.29, 0.717) is 6.61 Å². The molecule has 0 aromatic heterocycles. The molecular weight excluding hydrogens is 170 g/mol. The predicted molar refractivity (Wildman–Crippen MR) is 54.7 cm³/mol. The van der Waals surface area contributed by atoms with Crippen molar-refractivity contribution < 1.29 is 4.74 Å². The molecule has 0 aliphatic rings. The summed E-state index contributed by atoms with van der Waals surface area (Å²) in [5.74, 6) is 0.911. The third kappa shape index (κ3) is 2.34. The van der Waals surface area contributed by atoms with Crippen molar-refractivity contribution in [1.29, 1.82) is 0 Å². The molecule has 12 heavy (non-hydrogen) atoms. The Morgan fingerprint density at radius 1 is 1.42 bits per heavy atom. The highest BCUT2D eigenvalue weighted by molar-refractivity contribution is 7.99. The molecule has 1 rings (SSSR count). The minimum Gasteiger partial charge on any atom is -0.492 e. The number of ether oxygens (including phenoxy) is 1. The first-order chi connectivity index (χ1) is 5.88. The Bertz CT molecular complexity index is 215. The Morgan fingerprint density at radius 3 is 2.83 bits per heavy atom. The number of para-hydroxylation sites is 2. The minimum atomic E-state index is 0.701. The average molecular weight is 183 g/mol. The molecule has 0 amide bonds. The van der Waals surface area contributed by atoms with Gasteiger partial charge >= 0.3 is 0 Å². The minimum absolute atomic E-state index is 0.701. The van der Waals surface area contributed by atoms with Crippen molar-refractivity contribution in [2.45, 2.75) is 6.92 Å². The van der Waals surface area contributed by atoms with Crippen LogP contribution in [-0.2, 0) is 0 Å². The Balaban J connectivity index is 2.77. The first kappa shape index (κ1) is 9.26.